The predicted molar refractivity (Wildman–Crippen MR) is 109 cm³/mol. The SMILES string of the molecule is CN=S(=O)(c1ccc(-c2c(I)n(C)c3ncnc(N)c23)cc1)C1CC1. The highest BCUT2D eigenvalue weighted by atomic mass is 127. The second-order valence-electron chi connectivity index (χ2n) is 6.16. The Morgan fingerprint density at radius 3 is 2.56 bits per heavy atom. The van der Waals surface area contributed by atoms with Crippen molar-refractivity contribution < 1.29 is 4.21 Å². The Morgan fingerprint density at radius 1 is 1.28 bits per heavy atom. The van der Waals surface area contributed by atoms with Gasteiger partial charge in [-0.2, -0.15) is 0 Å². The van der Waals surface area contributed by atoms with Crippen molar-refractivity contribution in [1.29, 1.82) is 0 Å². The van der Waals surface area contributed by atoms with Crippen LogP contribution < -0.4 is 5.73 Å². The summed E-state index contributed by atoms with van der Waals surface area (Å²) in [5, 5.41) is 1.05. The largest absolute Gasteiger partial charge is 0.383 e. The Hall–Kier alpha value is -1.68. The molecule has 1 aromatic carbocycles. The molecule has 1 saturated carbocycles. The lowest BCUT2D eigenvalue weighted by Crippen LogP contribution is -2.06. The minimum absolute atomic E-state index is 0.199. The zero-order chi connectivity index (χ0) is 17.8. The number of benzene rings is 1. The summed E-state index contributed by atoms with van der Waals surface area (Å²) in [7, 11) is 1.32. The van der Waals surface area contributed by atoms with Crippen LogP contribution in [0.4, 0.5) is 5.82 Å². The molecule has 0 bridgehead atoms. The number of aryl methyl sites for hydroxylation is 1. The van der Waals surface area contributed by atoms with E-state index in [2.05, 4.69) is 36.9 Å². The molecular weight excluding hydrogens is 449 g/mol. The maximum Gasteiger partial charge on any atom is 0.146 e. The molecule has 1 aliphatic rings. The van der Waals surface area contributed by atoms with Crippen LogP contribution in [0.2, 0.25) is 0 Å². The molecule has 2 aromatic heterocycles. The molecule has 8 heteroatoms. The number of aromatic nitrogens is 3. The van der Waals surface area contributed by atoms with Crippen LogP contribution in [0.3, 0.4) is 0 Å². The van der Waals surface area contributed by atoms with Gasteiger partial charge in [0.15, 0.2) is 0 Å². The summed E-state index contributed by atoms with van der Waals surface area (Å²) in [6, 6.07) is 7.84. The van der Waals surface area contributed by atoms with Gasteiger partial charge in [0.25, 0.3) is 0 Å². The molecule has 3 aromatic rings. The summed E-state index contributed by atoms with van der Waals surface area (Å²) in [6.07, 6.45) is 3.47. The molecule has 4 rings (SSSR count). The van der Waals surface area contributed by atoms with Gasteiger partial charge in [-0.3, -0.25) is 0 Å². The van der Waals surface area contributed by atoms with Gasteiger partial charge in [0.05, 0.1) is 18.8 Å². The zero-order valence-corrected chi connectivity index (χ0v) is 16.9. The first-order chi connectivity index (χ1) is 12.0. The number of nitrogens with zero attached hydrogens (tertiary/aromatic N) is 4. The first-order valence-corrected chi connectivity index (χ1v) is 10.6. The molecule has 6 nitrogen and oxygen atoms in total. The zero-order valence-electron chi connectivity index (χ0n) is 13.9. The Balaban J connectivity index is 1.88. The van der Waals surface area contributed by atoms with Gasteiger partial charge in [0, 0.05) is 29.8 Å². The van der Waals surface area contributed by atoms with E-state index < -0.39 is 9.73 Å². The second kappa shape index (κ2) is 5.94. The van der Waals surface area contributed by atoms with Crippen LogP contribution in [-0.4, -0.2) is 31.0 Å². The molecule has 1 unspecified atom stereocenters. The van der Waals surface area contributed by atoms with Gasteiger partial charge in [0.2, 0.25) is 0 Å². The first kappa shape index (κ1) is 16.8. The summed E-state index contributed by atoms with van der Waals surface area (Å²) >= 11 is 2.30. The van der Waals surface area contributed by atoms with Crippen molar-refractivity contribution in [3.8, 4) is 11.1 Å². The molecule has 1 fully saturated rings. The molecule has 0 radical (unpaired) electrons. The van der Waals surface area contributed by atoms with Crippen LogP contribution in [0.5, 0.6) is 0 Å². The van der Waals surface area contributed by atoms with Gasteiger partial charge in [-0.15, -0.1) is 0 Å². The van der Waals surface area contributed by atoms with E-state index in [1.54, 1.807) is 7.05 Å². The van der Waals surface area contributed by atoms with Crippen molar-refractivity contribution in [1.82, 2.24) is 14.5 Å². The van der Waals surface area contributed by atoms with Crippen molar-refractivity contribution in [3.63, 3.8) is 0 Å². The molecule has 1 aliphatic carbocycles. The summed E-state index contributed by atoms with van der Waals surface area (Å²) in [5.41, 5.74) is 8.94. The predicted octanol–water partition coefficient (Wildman–Crippen LogP) is 3.44. The third-order valence-electron chi connectivity index (χ3n) is 4.65. The van der Waals surface area contributed by atoms with Gasteiger partial charge in [0.1, 0.15) is 17.8 Å². The standard InChI is InChI=1S/C17H18IN5OS/c1-20-25(24,12-7-8-12)11-5-3-10(4-6-11)13-14-16(19)21-9-22-17(14)23(2)15(13)18/h3-6,9,12H,7-8H2,1-2H3,(H2,19,21,22). The van der Waals surface area contributed by atoms with E-state index in [4.69, 9.17) is 5.73 Å². The molecule has 0 amide bonds. The van der Waals surface area contributed by atoms with Crippen molar-refractivity contribution in [3.05, 3.63) is 34.3 Å². The lowest BCUT2D eigenvalue weighted by atomic mass is 10.1. The van der Waals surface area contributed by atoms with Crippen molar-refractivity contribution >= 4 is 49.2 Å². The minimum atomic E-state index is -2.30. The normalized spacial score (nSPS) is 16.8. The number of nitrogens with two attached hydrogens (primary N) is 1. The summed E-state index contributed by atoms with van der Waals surface area (Å²) in [6.45, 7) is 0. The highest BCUT2D eigenvalue weighted by Crippen LogP contribution is 2.39. The van der Waals surface area contributed by atoms with Crippen molar-refractivity contribution in [2.75, 3.05) is 12.8 Å². The maximum atomic E-state index is 13.1. The summed E-state index contributed by atoms with van der Waals surface area (Å²) in [4.78, 5) is 9.30. The van der Waals surface area contributed by atoms with Gasteiger partial charge < -0.3 is 10.3 Å². The van der Waals surface area contributed by atoms with Crippen LogP contribution in [0, 0.1) is 3.70 Å². The van der Waals surface area contributed by atoms with Gasteiger partial charge in [-0.05, 0) is 53.1 Å². The van der Waals surface area contributed by atoms with Crippen LogP contribution >= 0.6 is 22.6 Å². The first-order valence-electron chi connectivity index (χ1n) is 7.96. The van der Waals surface area contributed by atoms with E-state index in [9.17, 15) is 4.21 Å². The summed E-state index contributed by atoms with van der Waals surface area (Å²) < 4.78 is 20.4. The Kier molecular flexibility index (Phi) is 3.99. The number of anilines is 1. The van der Waals surface area contributed by atoms with E-state index in [-0.39, 0.29) is 5.25 Å². The molecule has 25 heavy (non-hydrogen) atoms. The van der Waals surface area contributed by atoms with E-state index in [1.807, 2.05) is 35.9 Å². The number of nitrogen functional groups attached to an aromatic ring is 1. The van der Waals surface area contributed by atoms with E-state index >= 15 is 0 Å². The monoisotopic (exact) mass is 467 g/mol. The number of hydrogen-bond acceptors (Lipinski definition) is 5. The molecule has 0 aliphatic heterocycles. The number of halogens is 1. The third-order valence-corrected chi connectivity index (χ3v) is 8.78. The second-order valence-corrected chi connectivity index (χ2v) is 9.82. The van der Waals surface area contributed by atoms with Crippen LogP contribution in [0.1, 0.15) is 12.8 Å². The lowest BCUT2D eigenvalue weighted by molar-refractivity contribution is 0.675. The van der Waals surface area contributed by atoms with E-state index in [0.29, 0.717) is 5.82 Å². The van der Waals surface area contributed by atoms with Crippen molar-refractivity contribution in [2.45, 2.75) is 23.0 Å². The minimum Gasteiger partial charge on any atom is -0.383 e. The number of hydrogen-bond donors (Lipinski definition) is 1. The van der Waals surface area contributed by atoms with Crippen LogP contribution in [0.25, 0.3) is 22.2 Å². The van der Waals surface area contributed by atoms with Crippen molar-refractivity contribution in [2.24, 2.45) is 11.4 Å². The average Bonchev–Trinajstić information content (AvgIpc) is 3.44. The lowest BCUT2D eigenvalue weighted by Gasteiger charge is -2.09. The molecule has 130 valence electrons. The maximum absolute atomic E-state index is 13.1. The fraction of sp³-hybridized carbons (Fsp3) is 0.294. The van der Waals surface area contributed by atoms with Crippen LogP contribution in [0.15, 0.2) is 39.9 Å². The van der Waals surface area contributed by atoms with Gasteiger partial charge >= 0.3 is 0 Å². The molecule has 1 atom stereocenters. The molecule has 2 heterocycles. The Labute approximate surface area is 160 Å². The number of fused-ring (bicyclic) bond motifs is 1. The van der Waals surface area contributed by atoms with Gasteiger partial charge in [-0.1, -0.05) is 12.1 Å². The quantitative estimate of drug-likeness (QED) is 0.598. The fourth-order valence-electron chi connectivity index (χ4n) is 3.16. The molecule has 2 N–H and O–H groups in total. The summed E-state index contributed by atoms with van der Waals surface area (Å²) in [5.74, 6) is 0.466. The Morgan fingerprint density at radius 2 is 1.96 bits per heavy atom. The van der Waals surface area contributed by atoms with E-state index in [0.717, 1.165) is 43.6 Å². The smallest absolute Gasteiger partial charge is 0.146 e. The Bertz CT molecular complexity index is 1090. The molecule has 0 saturated heterocycles. The molecule has 0 spiro atoms. The fourth-order valence-corrected chi connectivity index (χ4v) is 6.17. The topological polar surface area (TPSA) is 86.2 Å². The van der Waals surface area contributed by atoms with Gasteiger partial charge in [-0.25, -0.2) is 18.5 Å². The highest BCUT2D eigenvalue weighted by molar-refractivity contribution is 14.1. The highest BCUT2D eigenvalue weighted by Gasteiger charge is 2.34. The molecular formula is C17H18IN5OS. The number of rotatable bonds is 3. The third kappa shape index (κ3) is 2.53. The average molecular weight is 467 g/mol. The van der Waals surface area contributed by atoms with E-state index in [1.165, 1.54) is 6.33 Å². The van der Waals surface area contributed by atoms with Crippen LogP contribution in [-0.2, 0) is 16.8 Å².